The molecular formula is C15H21N5OS. The van der Waals surface area contributed by atoms with Crippen LogP contribution in [0.25, 0.3) is 0 Å². The average Bonchev–Trinajstić information content (AvgIpc) is 2.94. The lowest BCUT2D eigenvalue weighted by atomic mass is 10.0. The van der Waals surface area contributed by atoms with Crippen molar-refractivity contribution in [3.63, 3.8) is 0 Å². The summed E-state index contributed by atoms with van der Waals surface area (Å²) in [6.45, 7) is 8.21. The lowest BCUT2D eigenvalue weighted by Crippen LogP contribution is -2.16. The molecule has 0 aliphatic carbocycles. The number of anilines is 1. The van der Waals surface area contributed by atoms with Gasteiger partial charge in [0.05, 0.1) is 11.8 Å². The van der Waals surface area contributed by atoms with E-state index in [4.69, 9.17) is 0 Å². The second-order valence-electron chi connectivity index (χ2n) is 5.58. The minimum absolute atomic E-state index is 0.0589. The summed E-state index contributed by atoms with van der Waals surface area (Å²) >= 11 is 1.34. The van der Waals surface area contributed by atoms with E-state index in [1.807, 2.05) is 38.1 Å². The number of para-hydroxylation sites is 1. The van der Waals surface area contributed by atoms with E-state index >= 15 is 0 Å². The standard InChI is InChI=1S/C15H21N5OS/c1-10(2)12-7-5-6-8-13(12)16-14(21)9-22-15-17-18-19-20(15)11(3)4/h5-8,10-11H,9H2,1-4H3,(H,16,21). The first kappa shape index (κ1) is 16.5. The topological polar surface area (TPSA) is 72.7 Å². The van der Waals surface area contributed by atoms with Crippen LogP contribution in [0.3, 0.4) is 0 Å². The van der Waals surface area contributed by atoms with Crippen molar-refractivity contribution in [2.75, 3.05) is 11.1 Å². The second-order valence-corrected chi connectivity index (χ2v) is 6.52. The van der Waals surface area contributed by atoms with Crippen molar-refractivity contribution in [2.45, 2.75) is 44.8 Å². The molecule has 0 aliphatic heterocycles. The molecule has 1 heterocycles. The Bertz CT molecular complexity index is 638. The maximum Gasteiger partial charge on any atom is 0.234 e. The fourth-order valence-corrected chi connectivity index (χ4v) is 2.84. The first-order valence-electron chi connectivity index (χ1n) is 7.28. The summed E-state index contributed by atoms with van der Waals surface area (Å²) in [6.07, 6.45) is 0. The maximum absolute atomic E-state index is 12.2. The molecule has 2 rings (SSSR count). The molecule has 0 atom stereocenters. The number of hydrogen-bond donors (Lipinski definition) is 1. The Morgan fingerprint density at radius 3 is 2.68 bits per heavy atom. The van der Waals surface area contributed by atoms with Crippen molar-refractivity contribution < 1.29 is 4.79 Å². The van der Waals surface area contributed by atoms with Gasteiger partial charge < -0.3 is 5.32 Å². The Kier molecular flexibility index (Phi) is 5.54. The van der Waals surface area contributed by atoms with E-state index in [0.717, 1.165) is 11.3 Å². The molecule has 7 heteroatoms. The molecule has 2 aromatic rings. The highest BCUT2D eigenvalue weighted by molar-refractivity contribution is 7.99. The first-order valence-corrected chi connectivity index (χ1v) is 8.27. The molecule has 0 unspecified atom stereocenters. The molecule has 0 saturated carbocycles. The van der Waals surface area contributed by atoms with Gasteiger partial charge in [-0.3, -0.25) is 4.79 Å². The lowest BCUT2D eigenvalue weighted by Gasteiger charge is -2.13. The number of rotatable bonds is 6. The molecule has 22 heavy (non-hydrogen) atoms. The Morgan fingerprint density at radius 2 is 2.00 bits per heavy atom. The van der Waals surface area contributed by atoms with E-state index in [-0.39, 0.29) is 17.7 Å². The number of benzene rings is 1. The third-order valence-electron chi connectivity index (χ3n) is 3.14. The van der Waals surface area contributed by atoms with Crippen LogP contribution in [0.4, 0.5) is 5.69 Å². The molecule has 1 aromatic heterocycles. The Morgan fingerprint density at radius 1 is 1.27 bits per heavy atom. The molecule has 0 radical (unpaired) electrons. The number of aromatic nitrogens is 4. The zero-order valence-corrected chi connectivity index (χ0v) is 14.1. The molecule has 0 aliphatic rings. The number of carbonyl (C=O) groups excluding carboxylic acids is 1. The number of amides is 1. The molecule has 0 bridgehead atoms. The summed E-state index contributed by atoms with van der Waals surface area (Å²) in [5.41, 5.74) is 2.00. The van der Waals surface area contributed by atoms with Gasteiger partial charge in [0.25, 0.3) is 0 Å². The molecule has 0 fully saturated rings. The van der Waals surface area contributed by atoms with Gasteiger partial charge in [-0.2, -0.15) is 0 Å². The number of nitrogens with zero attached hydrogens (tertiary/aromatic N) is 4. The summed E-state index contributed by atoms with van der Waals surface area (Å²) in [5, 5.41) is 15.1. The van der Waals surface area contributed by atoms with Gasteiger partial charge in [-0.05, 0) is 41.8 Å². The summed E-state index contributed by atoms with van der Waals surface area (Å²) in [6, 6.07) is 8.04. The van der Waals surface area contributed by atoms with Crippen LogP contribution in [0, 0.1) is 0 Å². The zero-order chi connectivity index (χ0) is 16.1. The van der Waals surface area contributed by atoms with Crippen molar-refractivity contribution in [2.24, 2.45) is 0 Å². The summed E-state index contributed by atoms with van der Waals surface area (Å²) in [5.74, 6) is 0.577. The Balaban J connectivity index is 1.98. The first-order chi connectivity index (χ1) is 10.5. The highest BCUT2D eigenvalue weighted by atomic mass is 32.2. The van der Waals surface area contributed by atoms with Gasteiger partial charge in [-0.25, -0.2) is 4.68 Å². The van der Waals surface area contributed by atoms with Gasteiger partial charge in [-0.15, -0.1) is 5.10 Å². The average molecular weight is 319 g/mol. The third kappa shape index (κ3) is 4.07. The number of thioether (sulfide) groups is 1. The van der Waals surface area contributed by atoms with Crippen LogP contribution < -0.4 is 5.32 Å². The minimum Gasteiger partial charge on any atom is -0.325 e. The minimum atomic E-state index is -0.0589. The number of hydrogen-bond acceptors (Lipinski definition) is 5. The highest BCUT2D eigenvalue weighted by Crippen LogP contribution is 2.24. The third-order valence-corrected chi connectivity index (χ3v) is 4.07. The van der Waals surface area contributed by atoms with Crippen LogP contribution >= 0.6 is 11.8 Å². The number of nitrogens with one attached hydrogen (secondary N) is 1. The SMILES string of the molecule is CC(C)c1ccccc1NC(=O)CSc1nnnn1C(C)C. The van der Waals surface area contributed by atoms with Gasteiger partial charge in [-0.1, -0.05) is 43.8 Å². The van der Waals surface area contributed by atoms with Crippen molar-refractivity contribution >= 4 is 23.4 Å². The molecule has 1 amide bonds. The number of tetrazole rings is 1. The van der Waals surface area contributed by atoms with E-state index in [2.05, 4.69) is 34.7 Å². The number of carbonyl (C=O) groups is 1. The second kappa shape index (κ2) is 7.40. The van der Waals surface area contributed by atoms with Crippen LogP contribution in [-0.4, -0.2) is 31.9 Å². The summed E-state index contributed by atoms with van der Waals surface area (Å²) < 4.78 is 1.71. The van der Waals surface area contributed by atoms with Gasteiger partial charge in [0, 0.05) is 5.69 Å². The molecule has 1 N–H and O–H groups in total. The van der Waals surface area contributed by atoms with E-state index in [9.17, 15) is 4.79 Å². The fraction of sp³-hybridized carbons (Fsp3) is 0.467. The molecule has 0 saturated heterocycles. The Labute approximate surface area is 134 Å². The molecule has 1 aromatic carbocycles. The Hall–Kier alpha value is -1.89. The van der Waals surface area contributed by atoms with Crippen LogP contribution in [0.5, 0.6) is 0 Å². The van der Waals surface area contributed by atoms with Crippen LogP contribution in [0.2, 0.25) is 0 Å². The van der Waals surface area contributed by atoms with E-state index in [1.54, 1.807) is 4.68 Å². The van der Waals surface area contributed by atoms with Gasteiger partial charge in [0.1, 0.15) is 0 Å². The normalized spacial score (nSPS) is 11.2. The monoisotopic (exact) mass is 319 g/mol. The summed E-state index contributed by atoms with van der Waals surface area (Å²) in [4.78, 5) is 12.2. The highest BCUT2D eigenvalue weighted by Gasteiger charge is 2.13. The maximum atomic E-state index is 12.2. The van der Waals surface area contributed by atoms with Gasteiger partial charge in [0.15, 0.2) is 0 Å². The quantitative estimate of drug-likeness (QED) is 0.828. The smallest absolute Gasteiger partial charge is 0.234 e. The lowest BCUT2D eigenvalue weighted by molar-refractivity contribution is -0.113. The van der Waals surface area contributed by atoms with Crippen molar-refractivity contribution in [3.05, 3.63) is 29.8 Å². The fourth-order valence-electron chi connectivity index (χ4n) is 2.04. The molecule has 6 nitrogen and oxygen atoms in total. The van der Waals surface area contributed by atoms with Crippen molar-refractivity contribution in [1.82, 2.24) is 20.2 Å². The molecule has 0 spiro atoms. The van der Waals surface area contributed by atoms with Crippen molar-refractivity contribution in [3.8, 4) is 0 Å². The van der Waals surface area contributed by atoms with Crippen LogP contribution in [0.1, 0.15) is 45.2 Å². The van der Waals surface area contributed by atoms with Crippen LogP contribution in [0.15, 0.2) is 29.4 Å². The van der Waals surface area contributed by atoms with Crippen molar-refractivity contribution in [1.29, 1.82) is 0 Å². The predicted octanol–water partition coefficient (Wildman–Crippen LogP) is 3.11. The van der Waals surface area contributed by atoms with E-state index in [1.165, 1.54) is 11.8 Å². The zero-order valence-electron chi connectivity index (χ0n) is 13.3. The predicted molar refractivity (Wildman–Crippen MR) is 88.1 cm³/mol. The van der Waals surface area contributed by atoms with E-state index in [0.29, 0.717) is 11.1 Å². The molecular weight excluding hydrogens is 298 g/mol. The van der Waals surface area contributed by atoms with Gasteiger partial charge >= 0.3 is 0 Å². The summed E-state index contributed by atoms with van der Waals surface area (Å²) in [7, 11) is 0. The van der Waals surface area contributed by atoms with Gasteiger partial charge in [0.2, 0.25) is 11.1 Å². The molecule has 118 valence electrons. The van der Waals surface area contributed by atoms with E-state index < -0.39 is 0 Å². The largest absolute Gasteiger partial charge is 0.325 e. The van der Waals surface area contributed by atoms with Crippen LogP contribution in [-0.2, 0) is 4.79 Å².